The van der Waals surface area contributed by atoms with Crippen LogP contribution in [0, 0.1) is 17.0 Å². The van der Waals surface area contributed by atoms with Crippen LogP contribution in [0.2, 0.25) is 0 Å². The zero-order chi connectivity index (χ0) is 20.6. The first kappa shape index (κ1) is 22.2. The molecule has 1 aromatic rings. The predicted molar refractivity (Wildman–Crippen MR) is 100 cm³/mol. The van der Waals surface area contributed by atoms with Crippen LogP contribution < -0.4 is 5.32 Å². The number of carbonyl (C=O) groups excluding carboxylic acids is 1. The molecule has 1 aromatic carbocycles. The predicted octanol–water partition coefficient (Wildman–Crippen LogP) is 3.59. The summed E-state index contributed by atoms with van der Waals surface area (Å²) in [5, 5.41) is 22.1. The molecule has 1 atom stereocenters. The molecule has 27 heavy (non-hydrogen) atoms. The molecule has 0 saturated carbocycles. The molecule has 148 valence electrons. The van der Waals surface area contributed by atoms with Gasteiger partial charge in [-0.2, -0.15) is 0 Å². The van der Waals surface area contributed by atoms with Crippen LogP contribution in [-0.4, -0.2) is 29.4 Å². The molecule has 0 amide bonds. The number of dihydropyridines is 1. The number of ether oxygens (including phenoxy) is 2. The van der Waals surface area contributed by atoms with Crippen molar-refractivity contribution < 1.29 is 24.3 Å². The molecule has 2 rings (SSSR count). The molecular formula is C19H26N2O6. The molecule has 1 aliphatic heterocycles. The average molecular weight is 378 g/mol. The highest BCUT2D eigenvalue weighted by molar-refractivity contribution is 5.63. The van der Waals surface area contributed by atoms with Crippen LogP contribution >= 0.6 is 0 Å². The number of nitrogens with zero attached hydrogens (tertiary/aromatic N) is 1. The van der Waals surface area contributed by atoms with Gasteiger partial charge in [0.05, 0.1) is 22.9 Å². The van der Waals surface area contributed by atoms with E-state index in [1.807, 2.05) is 19.1 Å². The summed E-state index contributed by atoms with van der Waals surface area (Å²) in [6, 6.07) is 7.31. The summed E-state index contributed by atoms with van der Waals surface area (Å²) < 4.78 is 10.1. The van der Waals surface area contributed by atoms with Gasteiger partial charge in [-0.3, -0.25) is 10.1 Å². The van der Waals surface area contributed by atoms with Crippen molar-refractivity contribution >= 4 is 6.16 Å². The van der Waals surface area contributed by atoms with Crippen LogP contribution in [0.25, 0.3) is 0 Å². The topological polar surface area (TPSA) is 111 Å². The second kappa shape index (κ2) is 10.3. The van der Waals surface area contributed by atoms with Crippen LogP contribution in [0.1, 0.15) is 44.7 Å². The van der Waals surface area contributed by atoms with Crippen molar-refractivity contribution in [3.05, 3.63) is 68.4 Å². The number of aliphatic hydroxyl groups is 1. The fourth-order valence-electron chi connectivity index (χ4n) is 2.78. The van der Waals surface area contributed by atoms with Crippen molar-refractivity contribution in [1.29, 1.82) is 0 Å². The molecular weight excluding hydrogens is 352 g/mol. The van der Waals surface area contributed by atoms with E-state index in [0.717, 1.165) is 5.56 Å². The third-order valence-electron chi connectivity index (χ3n) is 3.82. The minimum absolute atomic E-state index is 0.0470. The first-order chi connectivity index (χ1) is 12.8. The Hall–Kier alpha value is -2.87. The van der Waals surface area contributed by atoms with Gasteiger partial charge in [0.1, 0.15) is 11.7 Å². The summed E-state index contributed by atoms with van der Waals surface area (Å²) in [5.74, 6) is -0.605. The number of carbonyl (C=O) groups is 1. The van der Waals surface area contributed by atoms with E-state index in [1.54, 1.807) is 39.8 Å². The minimum Gasteiger partial charge on any atom is -0.434 e. The molecule has 0 aromatic heterocycles. The molecule has 8 heteroatoms. The number of nitrogens with one attached hydrogen (secondary N) is 1. The first-order valence-electron chi connectivity index (χ1n) is 8.62. The van der Waals surface area contributed by atoms with Crippen molar-refractivity contribution in [3.63, 3.8) is 0 Å². The summed E-state index contributed by atoms with van der Waals surface area (Å²) in [7, 11) is 0. The van der Waals surface area contributed by atoms with Gasteiger partial charge in [-0.25, -0.2) is 4.79 Å². The smallest absolute Gasteiger partial charge is 0.434 e. The van der Waals surface area contributed by atoms with Gasteiger partial charge < -0.3 is 19.9 Å². The lowest BCUT2D eigenvalue weighted by atomic mass is 9.87. The van der Waals surface area contributed by atoms with Crippen molar-refractivity contribution in [2.24, 2.45) is 0 Å². The zero-order valence-electron chi connectivity index (χ0n) is 16.2. The van der Waals surface area contributed by atoms with Crippen LogP contribution in [-0.2, 0) is 9.47 Å². The number of benzene rings is 1. The highest BCUT2D eigenvalue weighted by Crippen LogP contribution is 2.40. The van der Waals surface area contributed by atoms with Gasteiger partial charge in [0.15, 0.2) is 0 Å². The van der Waals surface area contributed by atoms with Gasteiger partial charge in [0.25, 0.3) is 5.70 Å². The molecule has 0 saturated heterocycles. The summed E-state index contributed by atoms with van der Waals surface area (Å²) >= 11 is 0. The second-order valence-corrected chi connectivity index (χ2v) is 5.77. The minimum atomic E-state index is -0.880. The monoisotopic (exact) mass is 378 g/mol. The molecule has 1 aliphatic rings. The Kier molecular flexibility index (Phi) is 8.47. The number of allylic oxidation sites excluding steroid dienone is 2. The number of nitro groups is 1. The first-order valence-corrected chi connectivity index (χ1v) is 8.62. The third-order valence-corrected chi connectivity index (χ3v) is 3.82. The Bertz CT molecular complexity index is 754. The van der Waals surface area contributed by atoms with E-state index < -0.39 is 17.0 Å². The van der Waals surface area contributed by atoms with Crippen molar-refractivity contribution in [2.45, 2.75) is 40.5 Å². The Morgan fingerprint density at radius 1 is 1.22 bits per heavy atom. The van der Waals surface area contributed by atoms with E-state index in [-0.39, 0.29) is 24.7 Å². The summed E-state index contributed by atoms with van der Waals surface area (Å²) in [6.07, 6.45) is -0.880. The Balaban J connectivity index is 0.00000114. The van der Waals surface area contributed by atoms with Gasteiger partial charge in [-0.15, -0.1) is 0 Å². The van der Waals surface area contributed by atoms with E-state index in [0.29, 0.717) is 17.0 Å². The molecule has 0 spiro atoms. The molecule has 0 radical (unpaired) electrons. The summed E-state index contributed by atoms with van der Waals surface area (Å²) in [4.78, 5) is 23.0. The Labute approximate surface area is 158 Å². The second-order valence-electron chi connectivity index (χ2n) is 5.77. The van der Waals surface area contributed by atoms with E-state index in [2.05, 4.69) is 5.32 Å². The lowest BCUT2D eigenvalue weighted by Gasteiger charge is -2.27. The van der Waals surface area contributed by atoms with Crippen LogP contribution in [0.4, 0.5) is 4.79 Å². The number of aliphatic hydroxyl groups excluding tert-OH is 1. The quantitative estimate of drug-likeness (QED) is 0.468. The van der Waals surface area contributed by atoms with E-state index >= 15 is 0 Å². The van der Waals surface area contributed by atoms with Gasteiger partial charge in [0, 0.05) is 6.61 Å². The van der Waals surface area contributed by atoms with Gasteiger partial charge >= 0.3 is 6.16 Å². The largest absolute Gasteiger partial charge is 0.513 e. The third kappa shape index (κ3) is 5.55. The summed E-state index contributed by atoms with van der Waals surface area (Å²) in [6.45, 7) is 8.95. The fourth-order valence-corrected chi connectivity index (χ4v) is 2.78. The molecule has 0 fully saturated rings. The lowest BCUT2D eigenvalue weighted by Crippen LogP contribution is -2.30. The van der Waals surface area contributed by atoms with Gasteiger partial charge in [0.2, 0.25) is 0 Å². The zero-order valence-corrected chi connectivity index (χ0v) is 16.2. The van der Waals surface area contributed by atoms with Crippen molar-refractivity contribution in [1.82, 2.24) is 5.32 Å². The maximum absolute atomic E-state index is 11.8. The lowest BCUT2D eigenvalue weighted by molar-refractivity contribution is -0.431. The number of hydrogen-bond donors (Lipinski definition) is 2. The number of aryl methyl sites for hydroxylation is 1. The van der Waals surface area contributed by atoms with E-state index in [1.165, 1.54) is 0 Å². The number of hydrogen-bond acceptors (Lipinski definition) is 7. The molecule has 1 heterocycles. The molecule has 0 bridgehead atoms. The number of rotatable bonds is 4. The highest BCUT2D eigenvalue weighted by Gasteiger charge is 2.40. The molecule has 8 nitrogen and oxygen atoms in total. The summed E-state index contributed by atoms with van der Waals surface area (Å²) in [5.41, 5.74) is 2.49. The van der Waals surface area contributed by atoms with Crippen molar-refractivity contribution in [2.75, 3.05) is 13.2 Å². The maximum Gasteiger partial charge on any atom is 0.513 e. The maximum atomic E-state index is 11.8. The van der Waals surface area contributed by atoms with Gasteiger partial charge in [-0.05, 0) is 45.7 Å². The normalized spacial score (nSPS) is 16.1. The average Bonchev–Trinajstić information content (AvgIpc) is 2.58. The molecule has 0 aliphatic carbocycles. The van der Waals surface area contributed by atoms with Crippen LogP contribution in [0.15, 0.2) is 47.1 Å². The van der Waals surface area contributed by atoms with Gasteiger partial charge in [-0.1, -0.05) is 24.3 Å². The molecule has 2 N–H and O–H groups in total. The standard InChI is InChI=1S/C17H20N2O5.C2H6O/c1-5-23-17(20)24-16-12(4)18-11(3)15(19(21)22)14(16)13-9-7-6-8-10(13)2;1-2-3/h6-9,14,18H,5H2,1-4H3;3H,2H2,1H3. The SMILES string of the molecule is CCO.CCOC(=O)OC1=C(C)NC(C)=C([N+](=O)[O-])C1c1ccccc1C. The van der Waals surface area contributed by atoms with Crippen LogP contribution in [0.5, 0.6) is 0 Å². The Morgan fingerprint density at radius 2 is 1.81 bits per heavy atom. The fraction of sp³-hybridized carbons (Fsp3) is 0.421. The molecule has 1 unspecified atom stereocenters. The van der Waals surface area contributed by atoms with E-state index in [4.69, 9.17) is 14.6 Å². The Morgan fingerprint density at radius 3 is 2.33 bits per heavy atom. The highest BCUT2D eigenvalue weighted by atomic mass is 16.7. The van der Waals surface area contributed by atoms with Crippen molar-refractivity contribution in [3.8, 4) is 0 Å². The van der Waals surface area contributed by atoms with E-state index in [9.17, 15) is 14.9 Å². The van der Waals surface area contributed by atoms with Crippen LogP contribution in [0.3, 0.4) is 0 Å².